The second-order valence-corrected chi connectivity index (χ2v) is 5.06. The van der Waals surface area contributed by atoms with E-state index in [4.69, 9.17) is 0 Å². The number of β-amino-alcohol motifs (C(OH)–C–C–N with tert-alkyl or cyclic N) is 1. The van der Waals surface area contributed by atoms with Crippen molar-refractivity contribution in [1.29, 1.82) is 0 Å². The monoisotopic (exact) mass is 300 g/mol. The lowest BCUT2D eigenvalue weighted by molar-refractivity contribution is -0.123. The van der Waals surface area contributed by atoms with Crippen LogP contribution in [0.2, 0.25) is 0 Å². The number of hydrogen-bond donors (Lipinski definition) is 3. The molecule has 2 unspecified atom stereocenters. The number of amides is 1. The van der Waals surface area contributed by atoms with Crippen LogP contribution < -0.4 is 15.4 Å². The van der Waals surface area contributed by atoms with Crippen LogP contribution in [0.25, 0.3) is 0 Å². The Kier molecular flexibility index (Phi) is 5.08. The Bertz CT molecular complexity index is 511. The van der Waals surface area contributed by atoms with Crippen molar-refractivity contribution < 1.29 is 23.4 Å². The van der Waals surface area contributed by atoms with Gasteiger partial charge in [-0.25, -0.2) is 0 Å². The molecule has 0 bridgehead atoms. The SMILES string of the molecule is Cc1ccc(OC(F)F)c(CNC(=O)C2CC(O)CN2)c1. The number of alkyl halides is 2. The van der Waals surface area contributed by atoms with Gasteiger partial charge in [0.1, 0.15) is 5.75 Å². The maximum atomic E-state index is 12.3. The van der Waals surface area contributed by atoms with Crippen molar-refractivity contribution in [3.63, 3.8) is 0 Å². The molecule has 0 saturated carbocycles. The Balaban J connectivity index is 1.98. The van der Waals surface area contributed by atoms with Gasteiger partial charge in [0.05, 0.1) is 12.1 Å². The number of aliphatic hydroxyl groups is 1. The molecule has 116 valence electrons. The summed E-state index contributed by atoms with van der Waals surface area (Å²) in [6.07, 6.45) is -0.183. The first-order valence-electron chi connectivity index (χ1n) is 6.69. The first kappa shape index (κ1) is 15.7. The second kappa shape index (κ2) is 6.82. The highest BCUT2D eigenvalue weighted by Gasteiger charge is 2.27. The third-order valence-electron chi connectivity index (χ3n) is 3.31. The summed E-state index contributed by atoms with van der Waals surface area (Å²) in [4.78, 5) is 11.9. The van der Waals surface area contributed by atoms with E-state index in [9.17, 15) is 18.7 Å². The van der Waals surface area contributed by atoms with Crippen LogP contribution in [0.3, 0.4) is 0 Å². The van der Waals surface area contributed by atoms with Gasteiger partial charge in [-0.05, 0) is 19.4 Å². The molecule has 1 amide bonds. The van der Waals surface area contributed by atoms with Gasteiger partial charge in [-0.15, -0.1) is 0 Å². The van der Waals surface area contributed by atoms with Crippen molar-refractivity contribution >= 4 is 5.91 Å². The third kappa shape index (κ3) is 4.37. The van der Waals surface area contributed by atoms with Gasteiger partial charge in [0, 0.05) is 18.7 Å². The zero-order valence-electron chi connectivity index (χ0n) is 11.6. The van der Waals surface area contributed by atoms with Crippen molar-refractivity contribution in [1.82, 2.24) is 10.6 Å². The van der Waals surface area contributed by atoms with Gasteiger partial charge >= 0.3 is 6.61 Å². The van der Waals surface area contributed by atoms with E-state index in [1.165, 1.54) is 6.07 Å². The van der Waals surface area contributed by atoms with Crippen molar-refractivity contribution in [2.45, 2.75) is 38.6 Å². The number of rotatable bonds is 5. The highest BCUT2D eigenvalue weighted by Crippen LogP contribution is 2.22. The molecule has 0 spiro atoms. The molecule has 1 aromatic carbocycles. The van der Waals surface area contributed by atoms with Crippen molar-refractivity contribution in [3.8, 4) is 5.75 Å². The summed E-state index contributed by atoms with van der Waals surface area (Å²) in [5, 5.41) is 14.9. The van der Waals surface area contributed by atoms with Gasteiger partial charge in [0.2, 0.25) is 5.91 Å². The minimum absolute atomic E-state index is 0.0512. The molecule has 7 heteroatoms. The molecule has 1 fully saturated rings. The Labute approximate surface area is 121 Å². The van der Waals surface area contributed by atoms with Crippen molar-refractivity contribution in [2.75, 3.05) is 6.54 Å². The van der Waals surface area contributed by atoms with Gasteiger partial charge < -0.3 is 20.5 Å². The molecule has 0 aromatic heterocycles. The third-order valence-corrected chi connectivity index (χ3v) is 3.31. The molecule has 1 aromatic rings. The largest absolute Gasteiger partial charge is 0.434 e. The van der Waals surface area contributed by atoms with Crippen LogP contribution in [-0.2, 0) is 11.3 Å². The number of halogens is 2. The molecule has 0 radical (unpaired) electrons. The fraction of sp³-hybridized carbons (Fsp3) is 0.500. The fourth-order valence-corrected chi connectivity index (χ4v) is 2.28. The summed E-state index contributed by atoms with van der Waals surface area (Å²) in [6, 6.07) is 4.36. The predicted octanol–water partition coefficient (Wildman–Crippen LogP) is 0.935. The van der Waals surface area contributed by atoms with Crippen LogP contribution in [0.5, 0.6) is 5.75 Å². The molecule has 0 aliphatic carbocycles. The lowest BCUT2D eigenvalue weighted by Gasteiger charge is -2.14. The molecular formula is C14H18F2N2O3. The summed E-state index contributed by atoms with van der Waals surface area (Å²) in [6.45, 7) is -0.611. The highest BCUT2D eigenvalue weighted by molar-refractivity contribution is 5.82. The molecule has 21 heavy (non-hydrogen) atoms. The van der Waals surface area contributed by atoms with Crippen LogP contribution in [0.15, 0.2) is 18.2 Å². The zero-order valence-corrected chi connectivity index (χ0v) is 11.6. The maximum absolute atomic E-state index is 12.3. The summed E-state index contributed by atoms with van der Waals surface area (Å²) < 4.78 is 29.1. The number of benzene rings is 1. The van der Waals surface area contributed by atoms with E-state index >= 15 is 0 Å². The Morgan fingerprint density at radius 3 is 2.95 bits per heavy atom. The van der Waals surface area contributed by atoms with E-state index in [2.05, 4.69) is 15.4 Å². The van der Waals surface area contributed by atoms with Crippen molar-refractivity contribution in [3.05, 3.63) is 29.3 Å². The molecule has 2 atom stereocenters. The minimum atomic E-state index is -2.91. The number of nitrogens with one attached hydrogen (secondary N) is 2. The Morgan fingerprint density at radius 1 is 1.57 bits per heavy atom. The molecular weight excluding hydrogens is 282 g/mol. The highest BCUT2D eigenvalue weighted by atomic mass is 19.3. The number of carbonyl (C=O) groups excluding carboxylic acids is 1. The van der Waals surface area contributed by atoms with E-state index < -0.39 is 18.8 Å². The van der Waals surface area contributed by atoms with Crippen molar-refractivity contribution in [2.24, 2.45) is 0 Å². The van der Waals surface area contributed by atoms with Crippen LogP contribution in [0, 0.1) is 6.92 Å². The zero-order chi connectivity index (χ0) is 15.4. The van der Waals surface area contributed by atoms with E-state index in [-0.39, 0.29) is 18.2 Å². The van der Waals surface area contributed by atoms with Gasteiger partial charge in [-0.1, -0.05) is 17.7 Å². The summed E-state index contributed by atoms with van der Waals surface area (Å²) in [7, 11) is 0. The minimum Gasteiger partial charge on any atom is -0.434 e. The van der Waals surface area contributed by atoms with Gasteiger partial charge in [-0.3, -0.25) is 4.79 Å². The first-order valence-corrected chi connectivity index (χ1v) is 6.69. The van der Waals surface area contributed by atoms with Gasteiger partial charge in [0.15, 0.2) is 0 Å². The normalized spacial score (nSPS) is 21.6. The average Bonchev–Trinajstić information content (AvgIpc) is 2.85. The summed E-state index contributed by atoms with van der Waals surface area (Å²) in [5.74, 6) is -0.216. The topological polar surface area (TPSA) is 70.6 Å². The standard InChI is InChI=1S/C14H18F2N2O3/c1-8-2-3-12(21-14(15)16)9(4-8)6-18-13(20)11-5-10(19)7-17-11/h2-4,10-11,14,17,19H,5-7H2,1H3,(H,18,20). The van der Waals surface area contributed by atoms with Crippen LogP contribution in [-0.4, -0.2) is 36.3 Å². The molecule has 1 heterocycles. The quantitative estimate of drug-likeness (QED) is 0.757. The smallest absolute Gasteiger partial charge is 0.387 e. The van der Waals surface area contributed by atoms with E-state index in [1.54, 1.807) is 12.1 Å². The average molecular weight is 300 g/mol. The summed E-state index contributed by atoms with van der Waals surface area (Å²) >= 11 is 0. The second-order valence-electron chi connectivity index (χ2n) is 5.06. The van der Waals surface area contributed by atoms with E-state index in [1.807, 2.05) is 6.92 Å². The molecule has 2 rings (SSSR count). The number of aryl methyl sites for hydroxylation is 1. The fourth-order valence-electron chi connectivity index (χ4n) is 2.28. The lowest BCUT2D eigenvalue weighted by Crippen LogP contribution is -2.40. The number of aliphatic hydroxyl groups excluding tert-OH is 1. The molecule has 1 aliphatic rings. The van der Waals surface area contributed by atoms with E-state index in [0.29, 0.717) is 18.5 Å². The molecule has 5 nitrogen and oxygen atoms in total. The molecule has 1 saturated heterocycles. The molecule has 3 N–H and O–H groups in total. The summed E-state index contributed by atoms with van der Waals surface area (Å²) in [5.41, 5.74) is 1.37. The van der Waals surface area contributed by atoms with Crippen LogP contribution in [0.1, 0.15) is 17.5 Å². The Morgan fingerprint density at radius 2 is 2.33 bits per heavy atom. The number of carbonyl (C=O) groups is 1. The van der Waals surface area contributed by atoms with Crippen LogP contribution >= 0.6 is 0 Å². The first-order chi connectivity index (χ1) is 9.95. The maximum Gasteiger partial charge on any atom is 0.387 e. The Hall–Kier alpha value is -1.73. The number of ether oxygens (including phenoxy) is 1. The van der Waals surface area contributed by atoms with E-state index in [0.717, 1.165) is 5.56 Å². The van der Waals surface area contributed by atoms with Crippen LogP contribution in [0.4, 0.5) is 8.78 Å². The van der Waals surface area contributed by atoms with Gasteiger partial charge in [0.25, 0.3) is 0 Å². The predicted molar refractivity (Wildman–Crippen MR) is 72.1 cm³/mol. The lowest BCUT2D eigenvalue weighted by atomic mass is 10.1. The van der Waals surface area contributed by atoms with Gasteiger partial charge in [-0.2, -0.15) is 8.78 Å². The number of hydrogen-bond acceptors (Lipinski definition) is 4. The molecule has 1 aliphatic heterocycles.